The summed E-state index contributed by atoms with van der Waals surface area (Å²) in [6.07, 6.45) is 12.9. The van der Waals surface area contributed by atoms with Crippen LogP contribution in [0.1, 0.15) is 73.6 Å². The molecule has 3 aliphatic rings. The van der Waals surface area contributed by atoms with Crippen molar-refractivity contribution in [1.29, 1.82) is 0 Å². The largest absolute Gasteiger partial charge is 0.378 e. The number of morpholine rings is 1. The van der Waals surface area contributed by atoms with Crippen LogP contribution in [-0.4, -0.2) is 59.5 Å². The molecule has 1 aliphatic heterocycles. The van der Waals surface area contributed by atoms with E-state index in [4.69, 9.17) is 9.84 Å². The van der Waals surface area contributed by atoms with Crippen LogP contribution in [0.4, 0.5) is 0 Å². The molecule has 1 unspecified atom stereocenters. The number of nitrogens with one attached hydrogen (secondary N) is 1. The molecule has 6 heteroatoms. The van der Waals surface area contributed by atoms with Gasteiger partial charge in [-0.05, 0) is 64.3 Å². The fourth-order valence-corrected chi connectivity index (χ4v) is 4.92. The lowest BCUT2D eigenvalue weighted by Crippen LogP contribution is -2.42. The minimum absolute atomic E-state index is 0.0902. The lowest BCUT2D eigenvalue weighted by atomic mass is 9.90. The summed E-state index contributed by atoms with van der Waals surface area (Å²) in [5.74, 6) is 0.0902. The average molecular weight is 401 g/mol. The number of carbonyl (C=O) groups is 1. The summed E-state index contributed by atoms with van der Waals surface area (Å²) in [7, 11) is 0. The fraction of sp³-hybridized carbons (Fsp3) is 0.739. The molecule has 1 N–H and O–H groups in total. The van der Waals surface area contributed by atoms with Gasteiger partial charge in [0, 0.05) is 36.9 Å². The highest BCUT2D eigenvalue weighted by atomic mass is 16.5. The zero-order valence-electron chi connectivity index (χ0n) is 17.9. The fourth-order valence-electron chi connectivity index (χ4n) is 4.92. The molecule has 2 heterocycles. The Morgan fingerprint density at radius 3 is 2.90 bits per heavy atom. The zero-order chi connectivity index (χ0) is 20.1. The first-order valence-electron chi connectivity index (χ1n) is 11.6. The number of aromatic nitrogens is 2. The van der Waals surface area contributed by atoms with Gasteiger partial charge in [-0.15, -0.1) is 0 Å². The second-order valence-electron chi connectivity index (χ2n) is 8.65. The molecule has 4 rings (SSSR count). The Hall–Kier alpha value is -1.66. The van der Waals surface area contributed by atoms with Crippen LogP contribution in [0, 0.1) is 0 Å². The lowest BCUT2D eigenvalue weighted by molar-refractivity contribution is 0.0297. The standard InChI is InChI=1S/C23H36N4O2/c1-2-12-27-21-9-8-19(24-11-10-18-6-4-3-5-7-18)17-20(21)22(25-27)23(28)26-13-15-29-16-14-26/h6,19,24H,2-5,7-17H2,1H3. The van der Waals surface area contributed by atoms with Gasteiger partial charge < -0.3 is 15.0 Å². The summed E-state index contributed by atoms with van der Waals surface area (Å²) in [6, 6.07) is 0.446. The molecule has 0 aromatic carbocycles. The molecular weight excluding hydrogens is 364 g/mol. The van der Waals surface area contributed by atoms with Crippen LogP contribution in [0.5, 0.6) is 0 Å². The van der Waals surface area contributed by atoms with Gasteiger partial charge in [-0.3, -0.25) is 9.48 Å². The SMILES string of the molecule is CCCn1nc(C(=O)N2CCOCC2)c2c1CCC(NCCC1=CCCCC1)C2. The molecule has 29 heavy (non-hydrogen) atoms. The van der Waals surface area contributed by atoms with Crippen LogP contribution >= 0.6 is 0 Å². The molecular formula is C23H36N4O2. The van der Waals surface area contributed by atoms with E-state index < -0.39 is 0 Å². The molecule has 0 radical (unpaired) electrons. The van der Waals surface area contributed by atoms with Crippen LogP contribution in [0.3, 0.4) is 0 Å². The summed E-state index contributed by atoms with van der Waals surface area (Å²) in [6.45, 7) is 6.71. The highest BCUT2D eigenvalue weighted by Gasteiger charge is 2.31. The predicted octanol–water partition coefficient (Wildman–Crippen LogP) is 3.10. The van der Waals surface area contributed by atoms with Crippen molar-refractivity contribution >= 4 is 5.91 Å². The molecule has 0 bridgehead atoms. The van der Waals surface area contributed by atoms with Crippen LogP contribution in [0.2, 0.25) is 0 Å². The number of amides is 1. The normalized spacial score (nSPS) is 22.3. The Morgan fingerprint density at radius 1 is 1.28 bits per heavy atom. The van der Waals surface area contributed by atoms with E-state index in [9.17, 15) is 4.79 Å². The molecule has 160 valence electrons. The van der Waals surface area contributed by atoms with Gasteiger partial charge in [0.1, 0.15) is 0 Å². The van der Waals surface area contributed by atoms with Gasteiger partial charge in [0.25, 0.3) is 5.91 Å². The van der Waals surface area contributed by atoms with Crippen molar-refractivity contribution in [3.8, 4) is 0 Å². The van der Waals surface area contributed by atoms with Crippen molar-refractivity contribution in [3.63, 3.8) is 0 Å². The second-order valence-corrected chi connectivity index (χ2v) is 8.65. The molecule has 2 aliphatic carbocycles. The number of hydrogen-bond acceptors (Lipinski definition) is 4. The van der Waals surface area contributed by atoms with E-state index in [1.807, 2.05) is 4.90 Å². The number of nitrogens with zero attached hydrogens (tertiary/aromatic N) is 3. The Labute approximate surface area is 174 Å². The van der Waals surface area contributed by atoms with E-state index in [0.29, 0.717) is 38.0 Å². The maximum absolute atomic E-state index is 13.2. The van der Waals surface area contributed by atoms with E-state index in [1.54, 1.807) is 5.57 Å². The third-order valence-electron chi connectivity index (χ3n) is 6.55. The van der Waals surface area contributed by atoms with E-state index in [1.165, 1.54) is 36.9 Å². The number of ether oxygens (including phenoxy) is 1. The zero-order valence-corrected chi connectivity index (χ0v) is 17.9. The predicted molar refractivity (Wildman–Crippen MR) is 114 cm³/mol. The topological polar surface area (TPSA) is 59.4 Å². The number of carbonyl (C=O) groups excluding carboxylic acids is 1. The summed E-state index contributed by atoms with van der Waals surface area (Å²) in [5, 5.41) is 8.57. The second kappa shape index (κ2) is 9.90. The monoisotopic (exact) mass is 400 g/mol. The third-order valence-corrected chi connectivity index (χ3v) is 6.55. The van der Waals surface area contributed by atoms with Gasteiger partial charge in [-0.2, -0.15) is 5.10 Å². The Morgan fingerprint density at radius 2 is 2.14 bits per heavy atom. The molecule has 0 spiro atoms. The molecule has 1 amide bonds. The molecule has 1 saturated heterocycles. The Kier molecular flexibility index (Phi) is 7.03. The molecule has 6 nitrogen and oxygen atoms in total. The van der Waals surface area contributed by atoms with Crippen molar-refractivity contribution in [2.75, 3.05) is 32.8 Å². The average Bonchev–Trinajstić information content (AvgIpc) is 3.13. The highest BCUT2D eigenvalue weighted by molar-refractivity contribution is 5.94. The van der Waals surface area contributed by atoms with Gasteiger partial charge in [0.15, 0.2) is 5.69 Å². The maximum Gasteiger partial charge on any atom is 0.274 e. The van der Waals surface area contributed by atoms with Crippen molar-refractivity contribution in [2.45, 2.75) is 77.3 Å². The first-order valence-corrected chi connectivity index (χ1v) is 11.6. The van der Waals surface area contributed by atoms with Crippen LogP contribution in [-0.2, 0) is 24.1 Å². The first-order chi connectivity index (χ1) is 14.3. The van der Waals surface area contributed by atoms with Gasteiger partial charge in [-0.25, -0.2) is 0 Å². The van der Waals surface area contributed by atoms with E-state index in [2.05, 4.69) is 23.0 Å². The molecule has 1 fully saturated rings. The van der Waals surface area contributed by atoms with Gasteiger partial charge in [0.2, 0.25) is 0 Å². The number of allylic oxidation sites excluding steroid dienone is 1. The molecule has 1 aromatic heterocycles. The van der Waals surface area contributed by atoms with Crippen LogP contribution < -0.4 is 5.32 Å². The van der Waals surface area contributed by atoms with Crippen molar-refractivity contribution in [1.82, 2.24) is 20.0 Å². The van der Waals surface area contributed by atoms with Gasteiger partial charge >= 0.3 is 0 Å². The summed E-state index contributed by atoms with van der Waals surface area (Å²) in [4.78, 5) is 15.1. The van der Waals surface area contributed by atoms with E-state index in [-0.39, 0.29) is 5.91 Å². The number of hydrogen-bond donors (Lipinski definition) is 1. The minimum atomic E-state index is 0.0902. The maximum atomic E-state index is 13.2. The van der Waals surface area contributed by atoms with Crippen LogP contribution in [0.15, 0.2) is 11.6 Å². The lowest BCUT2D eigenvalue weighted by Gasteiger charge is -2.28. The van der Waals surface area contributed by atoms with Crippen molar-refractivity contribution < 1.29 is 9.53 Å². The molecule has 1 atom stereocenters. The summed E-state index contributed by atoms with van der Waals surface area (Å²) < 4.78 is 7.52. The summed E-state index contributed by atoms with van der Waals surface area (Å²) in [5.41, 5.74) is 4.79. The summed E-state index contributed by atoms with van der Waals surface area (Å²) >= 11 is 0. The van der Waals surface area contributed by atoms with E-state index in [0.717, 1.165) is 45.2 Å². The molecule has 0 saturated carbocycles. The highest BCUT2D eigenvalue weighted by Crippen LogP contribution is 2.27. The quantitative estimate of drug-likeness (QED) is 0.715. The first kappa shape index (κ1) is 20.6. The molecule has 1 aromatic rings. The number of fused-ring (bicyclic) bond motifs is 1. The Balaban J connectivity index is 1.43. The number of rotatable bonds is 7. The Bertz CT molecular complexity index is 733. The smallest absolute Gasteiger partial charge is 0.274 e. The van der Waals surface area contributed by atoms with E-state index >= 15 is 0 Å². The number of aryl methyl sites for hydroxylation is 1. The van der Waals surface area contributed by atoms with Gasteiger partial charge in [0.05, 0.1) is 13.2 Å². The van der Waals surface area contributed by atoms with Crippen molar-refractivity contribution in [2.24, 2.45) is 0 Å². The third kappa shape index (κ3) is 4.92. The van der Waals surface area contributed by atoms with Crippen LogP contribution in [0.25, 0.3) is 0 Å². The van der Waals surface area contributed by atoms with Gasteiger partial charge in [-0.1, -0.05) is 18.6 Å². The van der Waals surface area contributed by atoms with Crippen molar-refractivity contribution in [3.05, 3.63) is 28.6 Å². The minimum Gasteiger partial charge on any atom is -0.378 e.